The van der Waals surface area contributed by atoms with Crippen LogP contribution in [0.2, 0.25) is 0 Å². The lowest BCUT2D eigenvalue weighted by atomic mass is 10.2. The van der Waals surface area contributed by atoms with E-state index in [2.05, 4.69) is 32.1 Å². The normalized spacial score (nSPS) is 12.9. The van der Waals surface area contributed by atoms with Gasteiger partial charge in [0, 0.05) is 13.0 Å². The molecule has 2 aromatic heterocycles. The highest BCUT2D eigenvalue weighted by atomic mass is 32.1. The van der Waals surface area contributed by atoms with Gasteiger partial charge in [-0.25, -0.2) is 4.98 Å². The number of aromatic nitrogens is 4. The average molecular weight is 274 g/mol. The van der Waals surface area contributed by atoms with Crippen LogP contribution in [0.15, 0.2) is 30.5 Å². The van der Waals surface area contributed by atoms with Crippen molar-refractivity contribution >= 4 is 22.6 Å². The van der Waals surface area contributed by atoms with E-state index in [9.17, 15) is 5.11 Å². The third-order valence-corrected chi connectivity index (χ3v) is 3.90. The van der Waals surface area contributed by atoms with Crippen molar-refractivity contribution in [2.75, 3.05) is 0 Å². The first kappa shape index (κ1) is 12.3. The molecule has 0 radical (unpaired) electrons. The average Bonchev–Trinajstić information content (AvgIpc) is 3.05. The Labute approximate surface area is 114 Å². The molecule has 3 rings (SSSR count). The van der Waals surface area contributed by atoms with E-state index in [-0.39, 0.29) is 0 Å². The number of para-hydroxylation sites is 2. The number of aryl methyl sites for hydroxylation is 1. The van der Waals surface area contributed by atoms with Crippen LogP contribution in [0, 0.1) is 0 Å². The maximum absolute atomic E-state index is 10.2. The minimum absolute atomic E-state index is 0.479. The summed E-state index contributed by atoms with van der Waals surface area (Å²) in [4.78, 5) is 5.37. The largest absolute Gasteiger partial charge is 0.387 e. The number of fused-ring (bicyclic) bond motifs is 1. The predicted octanol–water partition coefficient (Wildman–Crippen LogP) is 2.18. The van der Waals surface area contributed by atoms with Gasteiger partial charge in [0.05, 0.1) is 28.2 Å². The Kier molecular flexibility index (Phi) is 3.27. The van der Waals surface area contributed by atoms with Crippen molar-refractivity contribution in [3.63, 3.8) is 0 Å². The maximum atomic E-state index is 10.2. The molecule has 0 fully saturated rings. The van der Waals surface area contributed by atoms with Crippen LogP contribution in [0.1, 0.15) is 23.7 Å². The Morgan fingerprint density at radius 3 is 2.95 bits per heavy atom. The van der Waals surface area contributed by atoms with E-state index in [0.717, 1.165) is 28.3 Å². The van der Waals surface area contributed by atoms with Gasteiger partial charge in [0.1, 0.15) is 5.82 Å². The SMILES string of the molecule is CCn1c(CC(O)c2cnns2)nc2ccccc21. The van der Waals surface area contributed by atoms with E-state index in [0.29, 0.717) is 6.42 Å². The summed E-state index contributed by atoms with van der Waals surface area (Å²) in [6.07, 6.45) is 1.49. The van der Waals surface area contributed by atoms with E-state index in [4.69, 9.17) is 0 Å². The molecule has 0 aliphatic carbocycles. The zero-order valence-electron chi connectivity index (χ0n) is 10.5. The monoisotopic (exact) mass is 274 g/mol. The second-order valence-electron chi connectivity index (χ2n) is 4.30. The lowest BCUT2D eigenvalue weighted by molar-refractivity contribution is 0.178. The second kappa shape index (κ2) is 5.07. The fourth-order valence-corrected chi connectivity index (χ4v) is 2.72. The highest BCUT2D eigenvalue weighted by Gasteiger charge is 2.16. The zero-order valence-corrected chi connectivity index (χ0v) is 11.3. The highest BCUT2D eigenvalue weighted by Crippen LogP contribution is 2.23. The minimum atomic E-state index is -0.595. The predicted molar refractivity (Wildman–Crippen MR) is 74.0 cm³/mol. The van der Waals surface area contributed by atoms with Crippen LogP contribution >= 0.6 is 11.5 Å². The van der Waals surface area contributed by atoms with E-state index in [1.54, 1.807) is 6.20 Å². The Morgan fingerprint density at radius 2 is 2.21 bits per heavy atom. The van der Waals surface area contributed by atoms with Gasteiger partial charge in [-0.1, -0.05) is 16.6 Å². The first-order chi connectivity index (χ1) is 9.29. The summed E-state index contributed by atoms with van der Waals surface area (Å²) in [5.41, 5.74) is 2.07. The topological polar surface area (TPSA) is 63.8 Å². The lowest BCUT2D eigenvalue weighted by Gasteiger charge is -2.09. The third kappa shape index (κ3) is 2.24. The van der Waals surface area contributed by atoms with E-state index in [1.807, 2.05) is 18.2 Å². The first-order valence-corrected chi connectivity index (χ1v) is 6.96. The second-order valence-corrected chi connectivity index (χ2v) is 5.12. The van der Waals surface area contributed by atoms with Crippen molar-refractivity contribution < 1.29 is 5.11 Å². The zero-order chi connectivity index (χ0) is 13.2. The molecule has 98 valence electrons. The van der Waals surface area contributed by atoms with Crippen molar-refractivity contribution in [1.29, 1.82) is 0 Å². The standard InChI is InChI=1S/C13H14N4OS/c1-2-17-10-6-4-3-5-9(10)15-13(17)7-11(18)12-8-14-16-19-12/h3-6,8,11,18H,2,7H2,1H3. The number of rotatable bonds is 4. The van der Waals surface area contributed by atoms with Gasteiger partial charge in [0.25, 0.3) is 0 Å². The number of benzene rings is 1. The first-order valence-electron chi connectivity index (χ1n) is 6.19. The molecule has 2 heterocycles. The Hall–Kier alpha value is -1.79. The Morgan fingerprint density at radius 1 is 1.37 bits per heavy atom. The summed E-state index contributed by atoms with van der Waals surface area (Å²) < 4.78 is 5.91. The molecule has 0 saturated heterocycles. The molecule has 0 aliphatic heterocycles. The molecule has 1 N–H and O–H groups in total. The molecule has 6 heteroatoms. The van der Waals surface area contributed by atoms with E-state index < -0.39 is 6.10 Å². The molecule has 0 saturated carbocycles. The highest BCUT2D eigenvalue weighted by molar-refractivity contribution is 7.05. The number of aliphatic hydroxyl groups is 1. The molecule has 3 aromatic rings. The molecular formula is C13H14N4OS. The molecule has 5 nitrogen and oxygen atoms in total. The van der Waals surface area contributed by atoms with Crippen LogP contribution in [0.25, 0.3) is 11.0 Å². The fraction of sp³-hybridized carbons (Fsp3) is 0.308. The van der Waals surface area contributed by atoms with E-state index >= 15 is 0 Å². The smallest absolute Gasteiger partial charge is 0.112 e. The van der Waals surface area contributed by atoms with Crippen molar-refractivity contribution in [2.45, 2.75) is 26.0 Å². The number of aliphatic hydroxyl groups excluding tert-OH is 1. The van der Waals surface area contributed by atoms with Crippen LogP contribution in [0.3, 0.4) is 0 Å². The van der Waals surface area contributed by atoms with Crippen LogP contribution < -0.4 is 0 Å². The minimum Gasteiger partial charge on any atom is -0.387 e. The third-order valence-electron chi connectivity index (χ3n) is 3.13. The number of hydrogen-bond donors (Lipinski definition) is 1. The van der Waals surface area contributed by atoms with Crippen LogP contribution in [0.5, 0.6) is 0 Å². The van der Waals surface area contributed by atoms with Crippen molar-refractivity contribution in [2.24, 2.45) is 0 Å². The van der Waals surface area contributed by atoms with Crippen LogP contribution in [0.4, 0.5) is 0 Å². The van der Waals surface area contributed by atoms with Crippen LogP contribution in [-0.2, 0) is 13.0 Å². The molecule has 1 aromatic carbocycles. The Balaban J connectivity index is 1.96. The summed E-state index contributed by atoms with van der Waals surface area (Å²) in [5, 5.41) is 13.9. The maximum Gasteiger partial charge on any atom is 0.112 e. The number of nitrogens with zero attached hydrogens (tertiary/aromatic N) is 4. The summed E-state index contributed by atoms with van der Waals surface area (Å²) >= 11 is 1.22. The number of hydrogen-bond acceptors (Lipinski definition) is 5. The molecule has 1 unspecified atom stereocenters. The summed E-state index contributed by atoms with van der Waals surface area (Å²) in [6, 6.07) is 8.02. The van der Waals surface area contributed by atoms with Gasteiger partial charge in [-0.15, -0.1) is 5.10 Å². The van der Waals surface area contributed by atoms with Crippen LogP contribution in [-0.4, -0.2) is 24.2 Å². The summed E-state index contributed by atoms with van der Waals surface area (Å²) in [5.74, 6) is 0.893. The molecule has 0 bridgehead atoms. The fourth-order valence-electron chi connectivity index (χ4n) is 2.23. The van der Waals surface area contributed by atoms with Crippen molar-refractivity contribution in [3.8, 4) is 0 Å². The van der Waals surface area contributed by atoms with Gasteiger partial charge in [-0.3, -0.25) is 0 Å². The van der Waals surface area contributed by atoms with Crippen molar-refractivity contribution in [1.82, 2.24) is 19.1 Å². The number of imidazole rings is 1. The molecule has 0 aliphatic rings. The molecular weight excluding hydrogens is 260 g/mol. The summed E-state index contributed by atoms with van der Waals surface area (Å²) in [7, 11) is 0. The quantitative estimate of drug-likeness (QED) is 0.792. The molecule has 0 amide bonds. The van der Waals surface area contributed by atoms with Gasteiger partial charge in [-0.2, -0.15) is 0 Å². The van der Waals surface area contributed by atoms with E-state index in [1.165, 1.54) is 11.5 Å². The van der Waals surface area contributed by atoms with Gasteiger partial charge >= 0.3 is 0 Å². The molecule has 19 heavy (non-hydrogen) atoms. The van der Waals surface area contributed by atoms with Gasteiger partial charge < -0.3 is 9.67 Å². The lowest BCUT2D eigenvalue weighted by Crippen LogP contribution is -2.07. The van der Waals surface area contributed by atoms with Gasteiger partial charge in [0.2, 0.25) is 0 Å². The molecule has 0 spiro atoms. The Bertz CT molecular complexity index is 677. The molecule has 1 atom stereocenters. The van der Waals surface area contributed by atoms with Gasteiger partial charge in [0.15, 0.2) is 0 Å². The van der Waals surface area contributed by atoms with Gasteiger partial charge in [-0.05, 0) is 30.6 Å². The van der Waals surface area contributed by atoms with Crippen molar-refractivity contribution in [3.05, 3.63) is 41.2 Å². The summed E-state index contributed by atoms with van der Waals surface area (Å²) in [6.45, 7) is 2.92.